The Kier molecular flexibility index (Phi) is 3.69. The maximum absolute atomic E-state index is 9.62. The summed E-state index contributed by atoms with van der Waals surface area (Å²) in [7, 11) is 2.12. The molecule has 3 heteroatoms. The number of ether oxygens (including phenoxy) is 1. The molecule has 1 atom stereocenters. The van der Waals surface area contributed by atoms with E-state index in [9.17, 15) is 5.11 Å². The summed E-state index contributed by atoms with van der Waals surface area (Å²) in [5.41, 5.74) is 0.839. The van der Waals surface area contributed by atoms with Gasteiger partial charge in [0.05, 0.1) is 6.61 Å². The standard InChI is InChI=1S/C14H21NO2/c1-3-7-14(11-15(2)8-9-17-14)12-5-4-6-13(16)10-12/h4-6,10,16H,3,7-9,11H2,1-2H3. The SMILES string of the molecule is CCCC1(c2cccc(O)c2)CN(C)CCO1. The molecule has 0 amide bonds. The van der Waals surface area contributed by atoms with Gasteiger partial charge in [0.25, 0.3) is 0 Å². The molecule has 1 unspecified atom stereocenters. The Bertz CT molecular complexity index is 376. The topological polar surface area (TPSA) is 32.7 Å². The zero-order chi connectivity index (χ0) is 12.3. The first-order valence-corrected chi connectivity index (χ1v) is 6.28. The Morgan fingerprint density at radius 1 is 1.47 bits per heavy atom. The Morgan fingerprint density at radius 2 is 2.29 bits per heavy atom. The van der Waals surface area contributed by atoms with Crippen molar-refractivity contribution in [2.75, 3.05) is 26.7 Å². The summed E-state index contributed by atoms with van der Waals surface area (Å²) in [5.74, 6) is 0.315. The highest BCUT2D eigenvalue weighted by molar-refractivity contribution is 5.32. The van der Waals surface area contributed by atoms with Gasteiger partial charge < -0.3 is 14.7 Å². The lowest BCUT2D eigenvalue weighted by molar-refractivity contribution is -0.114. The van der Waals surface area contributed by atoms with E-state index in [-0.39, 0.29) is 5.60 Å². The average Bonchev–Trinajstić information content (AvgIpc) is 2.29. The number of nitrogens with zero attached hydrogens (tertiary/aromatic N) is 1. The number of phenols is 1. The summed E-state index contributed by atoms with van der Waals surface area (Å²) < 4.78 is 6.06. The first-order chi connectivity index (χ1) is 8.16. The molecule has 1 aromatic rings. The molecule has 0 radical (unpaired) electrons. The third kappa shape index (κ3) is 2.61. The minimum absolute atomic E-state index is 0.250. The number of hydrogen-bond acceptors (Lipinski definition) is 3. The first-order valence-electron chi connectivity index (χ1n) is 6.28. The molecule has 0 saturated carbocycles. The van der Waals surface area contributed by atoms with Gasteiger partial charge in [0.1, 0.15) is 11.4 Å². The van der Waals surface area contributed by atoms with Crippen LogP contribution in [0, 0.1) is 0 Å². The molecule has 1 aliphatic rings. The zero-order valence-corrected chi connectivity index (χ0v) is 10.6. The Balaban J connectivity index is 2.32. The lowest BCUT2D eigenvalue weighted by Gasteiger charge is -2.42. The van der Waals surface area contributed by atoms with Crippen LogP contribution in [0.1, 0.15) is 25.3 Å². The maximum atomic E-state index is 9.62. The molecule has 1 aromatic carbocycles. The Hall–Kier alpha value is -1.06. The molecule has 1 aliphatic heterocycles. The fraction of sp³-hybridized carbons (Fsp3) is 0.571. The van der Waals surface area contributed by atoms with Crippen molar-refractivity contribution in [2.45, 2.75) is 25.4 Å². The number of hydrogen-bond donors (Lipinski definition) is 1. The van der Waals surface area contributed by atoms with Crippen molar-refractivity contribution >= 4 is 0 Å². The fourth-order valence-electron chi connectivity index (χ4n) is 2.62. The average molecular weight is 235 g/mol. The van der Waals surface area contributed by atoms with Gasteiger partial charge in [0.15, 0.2) is 0 Å². The molecular weight excluding hydrogens is 214 g/mol. The van der Waals surface area contributed by atoms with Crippen molar-refractivity contribution in [1.29, 1.82) is 0 Å². The molecule has 3 nitrogen and oxygen atoms in total. The van der Waals surface area contributed by atoms with Crippen LogP contribution in [0.4, 0.5) is 0 Å². The van der Waals surface area contributed by atoms with E-state index in [1.165, 1.54) is 0 Å². The lowest BCUT2D eigenvalue weighted by atomic mass is 9.87. The number of morpholine rings is 1. The van der Waals surface area contributed by atoms with Crippen LogP contribution in [-0.4, -0.2) is 36.8 Å². The first kappa shape index (κ1) is 12.4. The van der Waals surface area contributed by atoms with Crippen molar-refractivity contribution in [3.05, 3.63) is 29.8 Å². The molecule has 0 spiro atoms. The van der Waals surface area contributed by atoms with Gasteiger partial charge in [-0.25, -0.2) is 0 Å². The molecule has 1 fully saturated rings. The van der Waals surface area contributed by atoms with Crippen LogP contribution in [0.2, 0.25) is 0 Å². The van der Waals surface area contributed by atoms with Crippen LogP contribution >= 0.6 is 0 Å². The predicted molar refractivity (Wildman–Crippen MR) is 68.1 cm³/mol. The van der Waals surface area contributed by atoms with Crippen molar-refractivity contribution in [2.24, 2.45) is 0 Å². The predicted octanol–water partition coefficient (Wildman–Crippen LogP) is 2.35. The van der Waals surface area contributed by atoms with Gasteiger partial charge in [-0.1, -0.05) is 25.5 Å². The number of rotatable bonds is 3. The minimum Gasteiger partial charge on any atom is -0.508 e. The van der Waals surface area contributed by atoms with Crippen LogP contribution in [0.3, 0.4) is 0 Å². The highest BCUT2D eigenvalue weighted by Gasteiger charge is 2.36. The minimum atomic E-state index is -0.250. The van der Waals surface area contributed by atoms with E-state index < -0.39 is 0 Å². The fourth-order valence-corrected chi connectivity index (χ4v) is 2.62. The van der Waals surface area contributed by atoms with E-state index in [2.05, 4.69) is 24.9 Å². The smallest absolute Gasteiger partial charge is 0.115 e. The number of aromatic hydroxyl groups is 1. The molecule has 1 saturated heterocycles. The highest BCUT2D eigenvalue weighted by atomic mass is 16.5. The van der Waals surface area contributed by atoms with Crippen molar-refractivity contribution in [3.8, 4) is 5.75 Å². The molecule has 94 valence electrons. The zero-order valence-electron chi connectivity index (χ0n) is 10.6. The van der Waals surface area contributed by atoms with E-state index >= 15 is 0 Å². The van der Waals surface area contributed by atoms with E-state index in [1.54, 1.807) is 6.07 Å². The molecule has 17 heavy (non-hydrogen) atoms. The normalized spacial score (nSPS) is 26.0. The third-order valence-electron chi connectivity index (χ3n) is 3.40. The summed E-state index contributed by atoms with van der Waals surface area (Å²) in [6.07, 6.45) is 2.06. The van der Waals surface area contributed by atoms with E-state index in [0.717, 1.165) is 38.1 Å². The van der Waals surface area contributed by atoms with Gasteiger partial charge in [0, 0.05) is 13.1 Å². The van der Waals surface area contributed by atoms with E-state index in [0.29, 0.717) is 5.75 Å². The largest absolute Gasteiger partial charge is 0.508 e. The lowest BCUT2D eigenvalue weighted by Crippen LogP contribution is -2.48. The van der Waals surface area contributed by atoms with Gasteiger partial charge in [-0.3, -0.25) is 0 Å². The summed E-state index contributed by atoms with van der Waals surface area (Å²) in [4.78, 5) is 2.29. The quantitative estimate of drug-likeness (QED) is 0.873. The summed E-state index contributed by atoms with van der Waals surface area (Å²) in [6, 6.07) is 7.47. The van der Waals surface area contributed by atoms with Crippen LogP contribution in [0.15, 0.2) is 24.3 Å². The van der Waals surface area contributed by atoms with Crippen LogP contribution < -0.4 is 0 Å². The van der Waals surface area contributed by atoms with Crippen LogP contribution in [0.5, 0.6) is 5.75 Å². The summed E-state index contributed by atoms with van der Waals surface area (Å²) in [6.45, 7) is 4.79. The van der Waals surface area contributed by atoms with Crippen molar-refractivity contribution in [1.82, 2.24) is 4.90 Å². The van der Waals surface area contributed by atoms with E-state index in [1.807, 2.05) is 12.1 Å². The summed E-state index contributed by atoms with van der Waals surface area (Å²) >= 11 is 0. The number of benzene rings is 1. The second-order valence-electron chi connectivity index (χ2n) is 4.88. The molecular formula is C14H21NO2. The van der Waals surface area contributed by atoms with Gasteiger partial charge in [-0.05, 0) is 31.2 Å². The van der Waals surface area contributed by atoms with Gasteiger partial charge >= 0.3 is 0 Å². The molecule has 2 rings (SSSR count). The van der Waals surface area contributed by atoms with Gasteiger partial charge in [0.2, 0.25) is 0 Å². The molecule has 1 N–H and O–H groups in total. The van der Waals surface area contributed by atoms with Gasteiger partial charge in [-0.2, -0.15) is 0 Å². The Labute approximate surface area is 103 Å². The number of phenolic OH excluding ortho intramolecular Hbond substituents is 1. The summed E-state index contributed by atoms with van der Waals surface area (Å²) in [5, 5.41) is 9.62. The monoisotopic (exact) mass is 235 g/mol. The molecule has 1 heterocycles. The van der Waals surface area contributed by atoms with Crippen molar-refractivity contribution in [3.63, 3.8) is 0 Å². The van der Waals surface area contributed by atoms with Gasteiger partial charge in [-0.15, -0.1) is 0 Å². The molecule has 0 aliphatic carbocycles. The van der Waals surface area contributed by atoms with Crippen molar-refractivity contribution < 1.29 is 9.84 Å². The highest BCUT2D eigenvalue weighted by Crippen LogP contribution is 2.35. The Morgan fingerprint density at radius 3 is 2.94 bits per heavy atom. The second-order valence-corrected chi connectivity index (χ2v) is 4.88. The molecule has 0 aromatic heterocycles. The maximum Gasteiger partial charge on any atom is 0.115 e. The van der Waals surface area contributed by atoms with Crippen LogP contribution in [0.25, 0.3) is 0 Å². The third-order valence-corrected chi connectivity index (χ3v) is 3.40. The second kappa shape index (κ2) is 5.07. The van der Waals surface area contributed by atoms with Crippen LogP contribution in [-0.2, 0) is 10.3 Å². The number of likely N-dealkylation sites (N-methyl/N-ethyl adjacent to an activating group) is 1. The van der Waals surface area contributed by atoms with E-state index in [4.69, 9.17) is 4.74 Å². The molecule has 0 bridgehead atoms.